The van der Waals surface area contributed by atoms with Crippen molar-refractivity contribution >= 4 is 41.4 Å². The molecule has 0 aromatic heterocycles. The molecule has 0 unspecified atom stereocenters. The van der Waals surface area contributed by atoms with E-state index in [2.05, 4.69) is 26.6 Å². The fraction of sp³-hybridized carbons (Fsp3) is 0.633. The summed E-state index contributed by atoms with van der Waals surface area (Å²) >= 11 is 1.54. The first kappa shape index (κ1) is 36.7. The smallest absolute Gasteiger partial charge is 0.315 e. The molecule has 0 heterocycles. The average Bonchev–Trinajstić information content (AvgIpc) is 2.92. The number of nitrogens with two attached hydrogens (primary N) is 1. The molecule has 236 valence electrons. The number of carbonyl (C=O) groups excluding carboxylic acids is 5. The van der Waals surface area contributed by atoms with Crippen LogP contribution in [0.1, 0.15) is 66.4 Å². The zero-order valence-corrected chi connectivity index (χ0v) is 26.8. The molecule has 1 rings (SSSR count). The highest BCUT2D eigenvalue weighted by Gasteiger charge is 2.33. The van der Waals surface area contributed by atoms with Gasteiger partial charge < -0.3 is 32.3 Å². The van der Waals surface area contributed by atoms with E-state index in [0.29, 0.717) is 25.0 Å². The summed E-state index contributed by atoms with van der Waals surface area (Å²) in [5, 5.41) is 13.8. The Morgan fingerprint density at radius 1 is 0.786 bits per heavy atom. The molecule has 0 aliphatic heterocycles. The number of carbonyl (C=O) groups is 5. The molecule has 0 fully saturated rings. The summed E-state index contributed by atoms with van der Waals surface area (Å²) in [4.78, 5) is 64.9. The first-order chi connectivity index (χ1) is 19.8. The molecule has 12 heteroatoms. The lowest BCUT2D eigenvalue weighted by Crippen LogP contribution is -2.60. The number of hydrogen-bond donors (Lipinski definition) is 6. The largest absolute Gasteiger partial charge is 0.368 e. The maximum Gasteiger partial charge on any atom is 0.315 e. The van der Waals surface area contributed by atoms with Crippen molar-refractivity contribution in [1.82, 2.24) is 26.6 Å². The Kier molecular flexibility index (Phi) is 16.6. The van der Waals surface area contributed by atoms with Crippen LogP contribution in [-0.2, 0) is 25.6 Å². The van der Waals surface area contributed by atoms with E-state index in [1.54, 1.807) is 0 Å². The molecule has 7 N–H and O–H groups in total. The fourth-order valence-electron chi connectivity index (χ4n) is 4.23. The predicted octanol–water partition coefficient (Wildman–Crippen LogP) is 2.09. The molecule has 0 bridgehead atoms. The van der Waals surface area contributed by atoms with Gasteiger partial charge in [-0.05, 0) is 56.1 Å². The quantitative estimate of drug-likeness (QED) is 0.149. The summed E-state index contributed by atoms with van der Waals surface area (Å²) < 4.78 is 0. The average molecular weight is 607 g/mol. The van der Waals surface area contributed by atoms with Gasteiger partial charge in [-0.3, -0.25) is 19.2 Å². The van der Waals surface area contributed by atoms with E-state index in [0.717, 1.165) is 5.56 Å². The molecule has 1 aromatic rings. The van der Waals surface area contributed by atoms with Gasteiger partial charge in [-0.1, -0.05) is 64.4 Å². The summed E-state index contributed by atoms with van der Waals surface area (Å²) in [7, 11) is 0. The van der Waals surface area contributed by atoms with Crippen molar-refractivity contribution < 1.29 is 24.0 Å². The minimum Gasteiger partial charge on any atom is -0.368 e. The number of urea groups is 1. The molecule has 11 nitrogen and oxygen atoms in total. The van der Waals surface area contributed by atoms with E-state index in [1.807, 2.05) is 78.1 Å². The number of nitrogens with one attached hydrogen (secondary N) is 5. The lowest BCUT2D eigenvalue weighted by atomic mass is 9.96. The van der Waals surface area contributed by atoms with Gasteiger partial charge in [-0.2, -0.15) is 11.8 Å². The molecule has 6 amide bonds. The SMILES string of the molecule is CC[C@H](C)[C@H](NC(=O)[C@H](CCSC)NC(=O)NC(C)C)C(=O)N[C@@H](Cc1ccccc1)C(=O)N[C@@H](CC(C)C)C(N)=O. The Hall–Kier alpha value is -3.28. The first-order valence-electron chi connectivity index (χ1n) is 14.6. The van der Waals surface area contributed by atoms with Crippen LogP contribution in [0.3, 0.4) is 0 Å². The summed E-state index contributed by atoms with van der Waals surface area (Å²) in [5.74, 6) is -1.78. The lowest BCUT2D eigenvalue weighted by Gasteiger charge is -2.29. The molecule has 0 aliphatic carbocycles. The van der Waals surface area contributed by atoms with Crippen LogP contribution in [0.4, 0.5) is 4.79 Å². The molecule has 0 saturated carbocycles. The molecule has 0 spiro atoms. The number of benzene rings is 1. The van der Waals surface area contributed by atoms with Gasteiger partial charge in [-0.25, -0.2) is 4.79 Å². The number of amides is 6. The van der Waals surface area contributed by atoms with E-state index >= 15 is 0 Å². The second-order valence-electron chi connectivity index (χ2n) is 11.3. The van der Waals surface area contributed by atoms with Gasteiger partial charge >= 0.3 is 6.03 Å². The van der Waals surface area contributed by atoms with Crippen LogP contribution in [0.25, 0.3) is 0 Å². The molecule has 1 aromatic carbocycles. The van der Waals surface area contributed by atoms with Crippen molar-refractivity contribution in [2.75, 3.05) is 12.0 Å². The Balaban J connectivity index is 3.22. The van der Waals surface area contributed by atoms with Gasteiger partial charge in [-0.15, -0.1) is 0 Å². The van der Waals surface area contributed by atoms with Gasteiger partial charge in [0.2, 0.25) is 23.6 Å². The minimum absolute atomic E-state index is 0.102. The summed E-state index contributed by atoms with van der Waals surface area (Å²) in [6, 6.07) is 4.85. The van der Waals surface area contributed by atoms with E-state index in [4.69, 9.17) is 5.73 Å². The predicted molar refractivity (Wildman–Crippen MR) is 168 cm³/mol. The number of primary amides is 1. The fourth-order valence-corrected chi connectivity index (χ4v) is 4.70. The van der Waals surface area contributed by atoms with E-state index in [9.17, 15) is 24.0 Å². The van der Waals surface area contributed by atoms with E-state index in [1.165, 1.54) is 11.8 Å². The molecule has 5 atom stereocenters. The van der Waals surface area contributed by atoms with Crippen LogP contribution >= 0.6 is 11.8 Å². The normalized spacial score (nSPS) is 14.7. The standard InChI is InChI=1S/C30H50N6O5S/c1-8-20(6)25(36-27(38)22(14-15-42-7)35-30(41)32-19(4)5)29(40)34-24(17-21-12-10-9-11-13-21)28(39)33-23(26(31)37)16-18(2)3/h9-13,18-20,22-25H,8,14-17H2,1-7H3,(H2,31,37)(H,33,39)(H,34,40)(H,36,38)(H2,32,35,41)/t20-,22-,23-,24-,25-/m0/s1. The van der Waals surface area contributed by atoms with Crippen LogP contribution in [0.2, 0.25) is 0 Å². The van der Waals surface area contributed by atoms with E-state index < -0.39 is 53.8 Å². The van der Waals surface area contributed by atoms with Crippen molar-refractivity contribution in [3.63, 3.8) is 0 Å². The lowest BCUT2D eigenvalue weighted by molar-refractivity contribution is -0.134. The van der Waals surface area contributed by atoms with Crippen molar-refractivity contribution in [2.24, 2.45) is 17.6 Å². The Bertz CT molecular complexity index is 1020. The van der Waals surface area contributed by atoms with Crippen LogP contribution in [0, 0.1) is 11.8 Å². The zero-order chi connectivity index (χ0) is 31.8. The van der Waals surface area contributed by atoms with Crippen LogP contribution in [-0.4, -0.2) is 71.9 Å². The van der Waals surface area contributed by atoms with Gasteiger partial charge in [0.15, 0.2) is 0 Å². The van der Waals surface area contributed by atoms with Crippen LogP contribution in [0.5, 0.6) is 0 Å². The highest BCUT2D eigenvalue weighted by molar-refractivity contribution is 7.98. The summed E-state index contributed by atoms with van der Waals surface area (Å²) in [6.45, 7) is 11.2. The maximum absolute atomic E-state index is 13.7. The highest BCUT2D eigenvalue weighted by Crippen LogP contribution is 2.12. The monoisotopic (exact) mass is 606 g/mol. The van der Waals surface area contributed by atoms with Gasteiger partial charge in [0.25, 0.3) is 0 Å². The number of hydrogen-bond acceptors (Lipinski definition) is 6. The van der Waals surface area contributed by atoms with Crippen LogP contribution < -0.4 is 32.3 Å². The third kappa shape index (κ3) is 13.6. The third-order valence-electron chi connectivity index (χ3n) is 6.73. The van der Waals surface area contributed by atoms with Gasteiger partial charge in [0.05, 0.1) is 0 Å². The van der Waals surface area contributed by atoms with E-state index in [-0.39, 0.29) is 24.3 Å². The van der Waals surface area contributed by atoms with Gasteiger partial charge in [0.1, 0.15) is 24.2 Å². The Morgan fingerprint density at radius 2 is 1.38 bits per heavy atom. The van der Waals surface area contributed by atoms with Crippen LogP contribution in [0.15, 0.2) is 30.3 Å². The minimum atomic E-state index is -1.03. The molecule has 0 saturated heterocycles. The van der Waals surface area contributed by atoms with Crippen molar-refractivity contribution in [2.45, 2.75) is 97.4 Å². The number of thioether (sulfide) groups is 1. The zero-order valence-electron chi connectivity index (χ0n) is 26.0. The molecule has 0 aliphatic rings. The highest BCUT2D eigenvalue weighted by atomic mass is 32.2. The summed E-state index contributed by atoms with van der Waals surface area (Å²) in [5.41, 5.74) is 6.35. The molecular formula is C30H50N6O5S. The Morgan fingerprint density at radius 3 is 1.90 bits per heavy atom. The Labute approximate surface area is 254 Å². The number of rotatable bonds is 18. The topological polar surface area (TPSA) is 172 Å². The van der Waals surface area contributed by atoms with Crippen molar-refractivity contribution in [3.8, 4) is 0 Å². The van der Waals surface area contributed by atoms with Gasteiger partial charge in [0, 0.05) is 12.5 Å². The summed E-state index contributed by atoms with van der Waals surface area (Å²) in [6.07, 6.45) is 3.37. The molecular weight excluding hydrogens is 556 g/mol. The second-order valence-corrected chi connectivity index (χ2v) is 12.3. The van der Waals surface area contributed by atoms with Crippen molar-refractivity contribution in [1.29, 1.82) is 0 Å². The second kappa shape index (κ2) is 19.0. The maximum atomic E-state index is 13.7. The first-order valence-corrected chi connectivity index (χ1v) is 16.0. The third-order valence-corrected chi connectivity index (χ3v) is 7.37. The van der Waals surface area contributed by atoms with Crippen molar-refractivity contribution in [3.05, 3.63) is 35.9 Å². The molecule has 0 radical (unpaired) electrons. The molecule has 42 heavy (non-hydrogen) atoms.